The molecule has 1 amide bonds. The van der Waals surface area contributed by atoms with Gasteiger partial charge in [-0.3, -0.25) is 4.79 Å². The minimum atomic E-state index is 0. The monoisotopic (exact) mass is 367 g/mol. The molecule has 0 bridgehead atoms. The van der Waals surface area contributed by atoms with Crippen molar-refractivity contribution in [3.05, 3.63) is 42.3 Å². The Kier molecular flexibility index (Phi) is 7.62. The summed E-state index contributed by atoms with van der Waals surface area (Å²) in [5.74, 6) is 1.84. The number of carbonyl (C=O) groups is 1. The minimum Gasteiger partial charge on any atom is -0.444 e. The molecule has 1 aliphatic heterocycles. The normalized spacial score (nSPS) is 17.1. The van der Waals surface area contributed by atoms with Gasteiger partial charge in [-0.15, -0.1) is 24.2 Å². The Morgan fingerprint density at radius 3 is 2.96 bits per heavy atom. The third-order valence-corrected chi connectivity index (χ3v) is 4.68. The number of halogens is 1. The van der Waals surface area contributed by atoms with Crippen LogP contribution < -0.4 is 10.6 Å². The van der Waals surface area contributed by atoms with Gasteiger partial charge in [0.05, 0.1) is 11.4 Å². The van der Waals surface area contributed by atoms with Crippen LogP contribution in [0.5, 0.6) is 0 Å². The van der Waals surface area contributed by atoms with Crippen LogP contribution in [-0.4, -0.2) is 35.8 Å². The van der Waals surface area contributed by atoms with Crippen molar-refractivity contribution in [3.8, 4) is 11.5 Å². The van der Waals surface area contributed by atoms with E-state index >= 15 is 0 Å². The van der Waals surface area contributed by atoms with E-state index in [1.54, 1.807) is 18.0 Å². The van der Waals surface area contributed by atoms with Crippen LogP contribution in [0.4, 0.5) is 0 Å². The lowest BCUT2D eigenvalue weighted by molar-refractivity contribution is -0.119. The Morgan fingerprint density at radius 1 is 1.38 bits per heavy atom. The van der Waals surface area contributed by atoms with Gasteiger partial charge in [-0.25, -0.2) is 4.98 Å². The number of nitrogens with one attached hydrogen (secondary N) is 2. The quantitative estimate of drug-likeness (QED) is 0.821. The number of piperidine rings is 1. The highest BCUT2D eigenvalue weighted by Gasteiger charge is 2.15. The third kappa shape index (κ3) is 5.54. The van der Waals surface area contributed by atoms with Crippen LogP contribution in [0.15, 0.2) is 41.0 Å². The molecule has 0 spiro atoms. The van der Waals surface area contributed by atoms with E-state index in [4.69, 9.17) is 4.42 Å². The number of hydrogen-bond acceptors (Lipinski definition) is 5. The predicted molar refractivity (Wildman–Crippen MR) is 99.4 cm³/mol. The number of thioether (sulfide) groups is 1. The van der Waals surface area contributed by atoms with Crippen LogP contribution in [0.3, 0.4) is 0 Å². The lowest BCUT2D eigenvalue weighted by atomic mass is 10.1. The van der Waals surface area contributed by atoms with Gasteiger partial charge >= 0.3 is 0 Å². The number of benzene rings is 1. The summed E-state index contributed by atoms with van der Waals surface area (Å²) >= 11 is 1.56. The van der Waals surface area contributed by atoms with Crippen molar-refractivity contribution in [3.63, 3.8) is 0 Å². The molecular formula is C17H22ClN3O2S. The zero-order valence-corrected chi connectivity index (χ0v) is 15.0. The summed E-state index contributed by atoms with van der Waals surface area (Å²) < 4.78 is 5.50. The van der Waals surface area contributed by atoms with Crippen LogP contribution in [0.1, 0.15) is 18.5 Å². The molecule has 3 rings (SSSR count). The van der Waals surface area contributed by atoms with Crippen molar-refractivity contribution in [2.75, 3.05) is 18.8 Å². The number of carbonyl (C=O) groups excluding carboxylic acids is 1. The molecule has 2 N–H and O–H groups in total. The standard InChI is InChI=1S/C17H21N3O2S.ClH/c21-16(19-14-7-4-8-18-9-14)12-23-11-15-10-22-17(20-15)13-5-2-1-3-6-13;/h1-3,5-6,10,14,18H,4,7-9,11-12H2,(H,19,21);1H. The molecule has 1 aliphatic rings. The highest BCUT2D eigenvalue weighted by molar-refractivity contribution is 7.99. The summed E-state index contributed by atoms with van der Waals surface area (Å²) in [6, 6.07) is 10.1. The molecule has 2 heterocycles. The fourth-order valence-corrected chi connectivity index (χ4v) is 3.29. The number of rotatable bonds is 6. The first-order valence-electron chi connectivity index (χ1n) is 7.89. The van der Waals surface area contributed by atoms with Crippen LogP contribution in [0.2, 0.25) is 0 Å². The van der Waals surface area contributed by atoms with E-state index in [9.17, 15) is 4.79 Å². The average Bonchev–Trinajstić information content (AvgIpc) is 3.05. The highest BCUT2D eigenvalue weighted by Crippen LogP contribution is 2.20. The van der Waals surface area contributed by atoms with E-state index in [0.29, 0.717) is 17.4 Å². The summed E-state index contributed by atoms with van der Waals surface area (Å²) in [4.78, 5) is 16.4. The molecule has 0 aliphatic carbocycles. The van der Waals surface area contributed by atoms with Crippen LogP contribution in [0.25, 0.3) is 11.5 Å². The summed E-state index contributed by atoms with van der Waals surface area (Å²) in [6.45, 7) is 1.93. The molecule has 1 fully saturated rings. The molecule has 130 valence electrons. The van der Waals surface area contributed by atoms with Crippen LogP contribution in [-0.2, 0) is 10.5 Å². The lowest BCUT2D eigenvalue weighted by Gasteiger charge is -2.23. The largest absolute Gasteiger partial charge is 0.444 e. The smallest absolute Gasteiger partial charge is 0.230 e. The Morgan fingerprint density at radius 2 is 2.21 bits per heavy atom. The van der Waals surface area contributed by atoms with Crippen molar-refractivity contribution < 1.29 is 9.21 Å². The molecule has 1 aromatic carbocycles. The fourth-order valence-electron chi connectivity index (χ4n) is 2.58. The minimum absolute atomic E-state index is 0. The molecule has 1 aromatic heterocycles. The third-order valence-electron chi connectivity index (χ3n) is 3.72. The van der Waals surface area contributed by atoms with E-state index in [-0.39, 0.29) is 24.4 Å². The Hall–Kier alpha value is -1.50. The van der Waals surface area contributed by atoms with Gasteiger partial charge in [-0.1, -0.05) is 18.2 Å². The predicted octanol–water partition coefficient (Wildman–Crippen LogP) is 2.86. The second-order valence-corrected chi connectivity index (χ2v) is 6.60. The SMILES string of the molecule is Cl.O=C(CSCc1coc(-c2ccccc2)n1)NC1CCCNC1. The number of nitrogens with zero attached hydrogens (tertiary/aromatic N) is 1. The first kappa shape index (κ1) is 18.8. The summed E-state index contributed by atoms with van der Waals surface area (Å²) in [5, 5.41) is 6.37. The summed E-state index contributed by atoms with van der Waals surface area (Å²) in [7, 11) is 0. The molecule has 1 unspecified atom stereocenters. The van der Waals surface area contributed by atoms with E-state index in [0.717, 1.165) is 37.2 Å². The molecule has 24 heavy (non-hydrogen) atoms. The highest BCUT2D eigenvalue weighted by atomic mass is 35.5. The maximum absolute atomic E-state index is 11.9. The van der Waals surface area contributed by atoms with Crippen molar-refractivity contribution in [2.45, 2.75) is 24.6 Å². The molecular weight excluding hydrogens is 346 g/mol. The van der Waals surface area contributed by atoms with Gasteiger partial charge in [0.1, 0.15) is 6.26 Å². The van der Waals surface area contributed by atoms with Gasteiger partial charge in [0.15, 0.2) is 0 Å². The van der Waals surface area contributed by atoms with E-state index in [2.05, 4.69) is 15.6 Å². The summed E-state index contributed by atoms with van der Waals surface area (Å²) in [5.41, 5.74) is 1.83. The molecule has 0 radical (unpaired) electrons. The fraction of sp³-hybridized carbons (Fsp3) is 0.412. The number of oxazole rings is 1. The molecule has 1 saturated heterocycles. The van der Waals surface area contributed by atoms with E-state index in [1.165, 1.54) is 0 Å². The van der Waals surface area contributed by atoms with Gasteiger partial charge in [-0.2, -0.15) is 0 Å². The zero-order chi connectivity index (χ0) is 15.9. The maximum atomic E-state index is 11.9. The second kappa shape index (κ2) is 9.71. The van der Waals surface area contributed by atoms with Gasteiger partial charge in [0.25, 0.3) is 0 Å². The molecule has 0 saturated carbocycles. The molecule has 5 nitrogen and oxygen atoms in total. The van der Waals surface area contributed by atoms with Crippen LogP contribution in [0, 0.1) is 0 Å². The van der Waals surface area contributed by atoms with Gasteiger partial charge in [0, 0.05) is 23.9 Å². The Bertz CT molecular complexity index is 630. The topological polar surface area (TPSA) is 67.2 Å². The first-order chi connectivity index (χ1) is 11.3. The van der Waals surface area contributed by atoms with Gasteiger partial charge in [0.2, 0.25) is 11.8 Å². The number of aromatic nitrogens is 1. The van der Waals surface area contributed by atoms with Crippen molar-refractivity contribution in [1.82, 2.24) is 15.6 Å². The zero-order valence-electron chi connectivity index (χ0n) is 13.4. The number of amides is 1. The maximum Gasteiger partial charge on any atom is 0.230 e. The number of hydrogen-bond donors (Lipinski definition) is 2. The van der Waals surface area contributed by atoms with Crippen molar-refractivity contribution in [1.29, 1.82) is 0 Å². The molecule has 7 heteroatoms. The first-order valence-corrected chi connectivity index (χ1v) is 9.04. The van der Waals surface area contributed by atoms with E-state index < -0.39 is 0 Å². The van der Waals surface area contributed by atoms with Gasteiger partial charge in [-0.05, 0) is 31.5 Å². The lowest BCUT2D eigenvalue weighted by Crippen LogP contribution is -2.46. The van der Waals surface area contributed by atoms with Gasteiger partial charge < -0.3 is 15.1 Å². The average molecular weight is 368 g/mol. The van der Waals surface area contributed by atoms with Crippen LogP contribution >= 0.6 is 24.2 Å². The van der Waals surface area contributed by atoms with Crippen molar-refractivity contribution in [2.24, 2.45) is 0 Å². The van der Waals surface area contributed by atoms with E-state index in [1.807, 2.05) is 30.3 Å². The Balaban J connectivity index is 0.00000208. The Labute approximate surface area is 152 Å². The summed E-state index contributed by atoms with van der Waals surface area (Å²) in [6.07, 6.45) is 3.85. The molecule has 2 aromatic rings. The second-order valence-electron chi connectivity index (χ2n) is 5.61. The molecule has 1 atom stereocenters. The van der Waals surface area contributed by atoms with Crippen molar-refractivity contribution >= 4 is 30.1 Å².